The van der Waals surface area contributed by atoms with E-state index in [0.717, 1.165) is 16.9 Å². The molecule has 3 aromatic rings. The van der Waals surface area contributed by atoms with Crippen LogP contribution in [0.3, 0.4) is 0 Å². The van der Waals surface area contributed by atoms with Crippen LogP contribution in [0.4, 0.5) is 17.1 Å². The molecule has 0 aliphatic carbocycles. The maximum Gasteiger partial charge on any atom is 0.269 e. The zero-order valence-electron chi connectivity index (χ0n) is 17.8. The van der Waals surface area contributed by atoms with Crippen molar-refractivity contribution in [2.45, 2.75) is 32.4 Å². The van der Waals surface area contributed by atoms with Crippen LogP contribution in [0.15, 0.2) is 78.9 Å². The molecule has 2 amide bonds. The van der Waals surface area contributed by atoms with Gasteiger partial charge in [0, 0.05) is 42.0 Å². The van der Waals surface area contributed by atoms with E-state index >= 15 is 0 Å². The van der Waals surface area contributed by atoms with E-state index < -0.39 is 4.92 Å². The van der Waals surface area contributed by atoms with Crippen molar-refractivity contribution in [3.8, 4) is 0 Å². The standard InChI is InChI=1S/C25H23N3O4/c1-17-16-24(22-10-6-7-11-23(22)26(17)18(2)29)27(20-8-4-3-5-9-20)25(30)19-12-14-21(15-13-19)28(31)32/h3-15,17,24H,16H2,1-2H3/t17-,24-/m0/s1. The fraction of sp³-hybridized carbons (Fsp3) is 0.200. The Bertz CT molecular complexity index is 1160. The number of nitro groups is 1. The molecule has 0 saturated heterocycles. The van der Waals surface area contributed by atoms with Crippen LogP contribution in [-0.4, -0.2) is 22.8 Å². The molecule has 2 atom stereocenters. The van der Waals surface area contributed by atoms with Gasteiger partial charge in [-0.25, -0.2) is 0 Å². The molecule has 1 heterocycles. The number of benzene rings is 3. The largest absolute Gasteiger partial charge is 0.309 e. The lowest BCUT2D eigenvalue weighted by molar-refractivity contribution is -0.384. The number of anilines is 2. The fourth-order valence-electron chi connectivity index (χ4n) is 4.40. The number of carbonyl (C=O) groups excluding carboxylic acids is 2. The summed E-state index contributed by atoms with van der Waals surface area (Å²) < 4.78 is 0. The van der Waals surface area contributed by atoms with Gasteiger partial charge in [-0.05, 0) is 49.2 Å². The average Bonchev–Trinajstić information content (AvgIpc) is 2.79. The molecule has 0 aromatic heterocycles. The lowest BCUT2D eigenvalue weighted by atomic mass is 9.89. The molecule has 0 unspecified atom stereocenters. The van der Waals surface area contributed by atoms with E-state index in [9.17, 15) is 19.7 Å². The van der Waals surface area contributed by atoms with E-state index in [-0.39, 0.29) is 29.6 Å². The van der Waals surface area contributed by atoms with Crippen LogP contribution in [-0.2, 0) is 4.79 Å². The molecule has 0 saturated carbocycles. The molecular weight excluding hydrogens is 406 g/mol. The molecular formula is C25H23N3O4. The molecule has 3 aromatic carbocycles. The molecule has 1 aliphatic heterocycles. The Hall–Kier alpha value is -4.00. The number of non-ortho nitro benzene ring substituents is 1. The van der Waals surface area contributed by atoms with Crippen molar-refractivity contribution in [2.24, 2.45) is 0 Å². The zero-order valence-corrected chi connectivity index (χ0v) is 17.8. The summed E-state index contributed by atoms with van der Waals surface area (Å²) in [5, 5.41) is 11.0. The highest BCUT2D eigenvalue weighted by Gasteiger charge is 2.38. The Morgan fingerprint density at radius 2 is 1.59 bits per heavy atom. The Labute approximate surface area is 186 Å². The van der Waals surface area contributed by atoms with Gasteiger partial charge in [-0.1, -0.05) is 36.4 Å². The number of nitro benzene ring substituents is 1. The lowest BCUT2D eigenvalue weighted by Gasteiger charge is -2.43. The third-order valence-electron chi connectivity index (χ3n) is 5.79. The molecule has 0 fully saturated rings. The number of rotatable bonds is 4. The maximum atomic E-state index is 13.7. The quantitative estimate of drug-likeness (QED) is 0.425. The highest BCUT2D eigenvalue weighted by molar-refractivity contribution is 6.07. The first-order valence-corrected chi connectivity index (χ1v) is 10.4. The number of hydrogen-bond acceptors (Lipinski definition) is 4. The number of nitrogens with zero attached hydrogens (tertiary/aromatic N) is 3. The topological polar surface area (TPSA) is 83.8 Å². The molecule has 0 spiro atoms. The summed E-state index contributed by atoms with van der Waals surface area (Å²) >= 11 is 0. The van der Waals surface area contributed by atoms with Gasteiger partial charge in [0.2, 0.25) is 5.91 Å². The van der Waals surface area contributed by atoms with Crippen molar-refractivity contribution in [3.63, 3.8) is 0 Å². The van der Waals surface area contributed by atoms with Crippen LogP contribution >= 0.6 is 0 Å². The van der Waals surface area contributed by atoms with Crippen molar-refractivity contribution in [1.29, 1.82) is 0 Å². The predicted molar refractivity (Wildman–Crippen MR) is 123 cm³/mol. The third-order valence-corrected chi connectivity index (χ3v) is 5.79. The zero-order chi connectivity index (χ0) is 22.8. The number of fused-ring (bicyclic) bond motifs is 1. The molecule has 0 N–H and O–H groups in total. The first kappa shape index (κ1) is 21.2. The number of hydrogen-bond donors (Lipinski definition) is 0. The molecule has 0 bridgehead atoms. The second-order valence-electron chi connectivity index (χ2n) is 7.86. The van der Waals surface area contributed by atoms with Crippen molar-refractivity contribution in [2.75, 3.05) is 9.80 Å². The van der Waals surface area contributed by atoms with Crippen molar-refractivity contribution < 1.29 is 14.5 Å². The van der Waals surface area contributed by atoms with E-state index in [2.05, 4.69) is 0 Å². The second kappa shape index (κ2) is 8.63. The Kier molecular flexibility index (Phi) is 5.73. The SMILES string of the molecule is CC(=O)N1c2ccccc2[C@@H](N(C(=O)c2ccc([N+](=O)[O-])cc2)c2ccccc2)C[C@@H]1C. The van der Waals surface area contributed by atoms with Crippen LogP contribution in [0.2, 0.25) is 0 Å². The summed E-state index contributed by atoms with van der Waals surface area (Å²) in [6.45, 7) is 3.52. The summed E-state index contributed by atoms with van der Waals surface area (Å²) in [4.78, 5) is 40.1. The fourth-order valence-corrected chi connectivity index (χ4v) is 4.40. The Balaban J connectivity index is 1.83. The van der Waals surface area contributed by atoms with Gasteiger partial charge in [0.25, 0.3) is 11.6 Å². The number of amides is 2. The second-order valence-corrected chi connectivity index (χ2v) is 7.86. The normalized spacial score (nSPS) is 17.4. The summed E-state index contributed by atoms with van der Waals surface area (Å²) in [6, 6.07) is 22.2. The molecule has 162 valence electrons. The molecule has 32 heavy (non-hydrogen) atoms. The molecule has 4 rings (SSSR count). The maximum absolute atomic E-state index is 13.7. The van der Waals surface area contributed by atoms with Crippen LogP contribution < -0.4 is 9.80 Å². The Morgan fingerprint density at radius 3 is 2.22 bits per heavy atom. The molecule has 7 heteroatoms. The van der Waals surface area contributed by atoms with Gasteiger partial charge in [-0.15, -0.1) is 0 Å². The first-order valence-electron chi connectivity index (χ1n) is 10.4. The third kappa shape index (κ3) is 3.85. The van der Waals surface area contributed by atoms with Crippen LogP contribution in [0.1, 0.15) is 42.2 Å². The van der Waals surface area contributed by atoms with Crippen molar-refractivity contribution in [3.05, 3.63) is 100 Å². The molecule has 1 aliphatic rings. The summed E-state index contributed by atoms with van der Waals surface area (Å²) in [7, 11) is 0. The van der Waals surface area contributed by atoms with Gasteiger partial charge in [0.1, 0.15) is 0 Å². The highest BCUT2D eigenvalue weighted by atomic mass is 16.6. The van der Waals surface area contributed by atoms with E-state index in [1.54, 1.807) is 16.7 Å². The van der Waals surface area contributed by atoms with Gasteiger partial charge in [0.05, 0.1) is 11.0 Å². The lowest BCUT2D eigenvalue weighted by Crippen LogP contribution is -2.47. The van der Waals surface area contributed by atoms with E-state index in [1.165, 1.54) is 24.3 Å². The first-order chi connectivity index (χ1) is 15.4. The minimum atomic E-state index is -0.487. The van der Waals surface area contributed by atoms with Crippen LogP contribution in [0.25, 0.3) is 0 Å². The van der Waals surface area contributed by atoms with E-state index in [0.29, 0.717) is 12.0 Å². The van der Waals surface area contributed by atoms with Crippen LogP contribution in [0.5, 0.6) is 0 Å². The average molecular weight is 429 g/mol. The van der Waals surface area contributed by atoms with Crippen LogP contribution in [0, 0.1) is 10.1 Å². The van der Waals surface area contributed by atoms with Gasteiger partial charge in [-0.2, -0.15) is 0 Å². The minimum Gasteiger partial charge on any atom is -0.309 e. The van der Waals surface area contributed by atoms with E-state index in [1.807, 2.05) is 61.5 Å². The van der Waals surface area contributed by atoms with Gasteiger partial charge in [-0.3, -0.25) is 19.7 Å². The summed E-state index contributed by atoms with van der Waals surface area (Å²) in [5.41, 5.74) is 2.69. The minimum absolute atomic E-state index is 0.0450. The molecule has 0 radical (unpaired) electrons. The van der Waals surface area contributed by atoms with Crippen molar-refractivity contribution in [1.82, 2.24) is 0 Å². The summed E-state index contributed by atoms with van der Waals surface area (Å²) in [6.07, 6.45) is 0.560. The smallest absolute Gasteiger partial charge is 0.269 e. The summed E-state index contributed by atoms with van der Waals surface area (Å²) in [5.74, 6) is -0.300. The van der Waals surface area contributed by atoms with E-state index in [4.69, 9.17) is 0 Å². The van der Waals surface area contributed by atoms with Gasteiger partial charge >= 0.3 is 0 Å². The van der Waals surface area contributed by atoms with Gasteiger partial charge < -0.3 is 9.80 Å². The monoisotopic (exact) mass is 429 g/mol. The number of carbonyl (C=O) groups is 2. The Morgan fingerprint density at radius 1 is 0.969 bits per heavy atom. The van der Waals surface area contributed by atoms with Gasteiger partial charge in [0.15, 0.2) is 0 Å². The predicted octanol–water partition coefficient (Wildman–Crippen LogP) is 5.13. The molecule has 7 nitrogen and oxygen atoms in total. The van der Waals surface area contributed by atoms with Crippen molar-refractivity contribution >= 4 is 28.9 Å². The highest BCUT2D eigenvalue weighted by Crippen LogP contribution is 2.42. The number of para-hydroxylation sites is 2.